The van der Waals surface area contributed by atoms with Gasteiger partial charge in [-0.3, -0.25) is 4.98 Å². The zero-order chi connectivity index (χ0) is 14.5. The molecule has 106 valence electrons. The molecule has 0 amide bonds. The largest absolute Gasteiger partial charge is 0.481 e. The summed E-state index contributed by atoms with van der Waals surface area (Å²) in [5, 5.41) is 3.97. The average molecular weight is 281 g/mol. The number of nitrogens with zero attached hydrogens (tertiary/aromatic N) is 3. The Morgan fingerprint density at radius 3 is 2.62 bits per heavy atom. The lowest BCUT2D eigenvalue weighted by Gasteiger charge is -2.13. The molecule has 1 unspecified atom stereocenters. The van der Waals surface area contributed by atoms with Gasteiger partial charge in [0.25, 0.3) is 5.89 Å². The summed E-state index contributed by atoms with van der Waals surface area (Å²) in [5.41, 5.74) is 0.682. The lowest BCUT2D eigenvalue weighted by Crippen LogP contribution is -2.06. The highest BCUT2D eigenvalue weighted by atomic mass is 16.5. The molecule has 0 N–H and O–H groups in total. The van der Waals surface area contributed by atoms with E-state index in [4.69, 9.17) is 9.26 Å². The van der Waals surface area contributed by atoms with Crippen LogP contribution in [0.4, 0.5) is 0 Å². The van der Waals surface area contributed by atoms with Gasteiger partial charge in [0, 0.05) is 6.20 Å². The van der Waals surface area contributed by atoms with E-state index in [1.54, 1.807) is 6.20 Å². The van der Waals surface area contributed by atoms with Gasteiger partial charge in [-0.05, 0) is 30.7 Å². The quantitative estimate of drug-likeness (QED) is 0.714. The second kappa shape index (κ2) is 6.17. The average Bonchev–Trinajstić information content (AvgIpc) is 3.04. The summed E-state index contributed by atoms with van der Waals surface area (Å²) in [6.45, 7) is 2.01. The first kappa shape index (κ1) is 13.3. The predicted molar refractivity (Wildman–Crippen MR) is 77.6 cm³/mol. The van der Waals surface area contributed by atoms with Crippen LogP contribution in [0, 0.1) is 0 Å². The second-order valence-corrected chi connectivity index (χ2v) is 4.50. The Bertz CT molecular complexity index is 683. The molecule has 0 aliphatic rings. The van der Waals surface area contributed by atoms with Crippen LogP contribution >= 0.6 is 0 Å². The first-order valence-corrected chi connectivity index (χ1v) is 6.83. The summed E-state index contributed by atoms with van der Waals surface area (Å²) in [4.78, 5) is 8.59. The van der Waals surface area contributed by atoms with Gasteiger partial charge in [0.1, 0.15) is 11.4 Å². The third kappa shape index (κ3) is 3.08. The Balaban J connectivity index is 1.81. The first-order valence-electron chi connectivity index (χ1n) is 6.83. The third-order valence-electron chi connectivity index (χ3n) is 3.00. The Hall–Kier alpha value is -2.69. The zero-order valence-electron chi connectivity index (χ0n) is 11.6. The van der Waals surface area contributed by atoms with E-state index in [1.807, 2.05) is 55.5 Å². The van der Waals surface area contributed by atoms with Gasteiger partial charge in [-0.2, -0.15) is 4.98 Å². The maximum absolute atomic E-state index is 5.88. The molecule has 3 rings (SSSR count). The molecule has 0 aliphatic carbocycles. The van der Waals surface area contributed by atoms with Crippen molar-refractivity contribution >= 4 is 0 Å². The summed E-state index contributed by atoms with van der Waals surface area (Å²) in [5.74, 6) is 1.71. The van der Waals surface area contributed by atoms with Crippen molar-refractivity contribution < 1.29 is 9.26 Å². The molecular formula is C16H15N3O2. The number of pyridine rings is 1. The van der Waals surface area contributed by atoms with Crippen molar-refractivity contribution in [3.05, 3.63) is 60.6 Å². The molecule has 0 saturated carbocycles. The van der Waals surface area contributed by atoms with Crippen molar-refractivity contribution in [2.45, 2.75) is 19.4 Å². The number of rotatable bonds is 5. The van der Waals surface area contributed by atoms with Crippen molar-refractivity contribution in [1.82, 2.24) is 15.1 Å². The highest BCUT2D eigenvalue weighted by Crippen LogP contribution is 2.24. The Morgan fingerprint density at radius 1 is 1.10 bits per heavy atom. The number of hydrogen-bond acceptors (Lipinski definition) is 5. The van der Waals surface area contributed by atoms with Crippen LogP contribution in [0.15, 0.2) is 59.3 Å². The van der Waals surface area contributed by atoms with Gasteiger partial charge in [-0.15, -0.1) is 0 Å². The van der Waals surface area contributed by atoms with E-state index < -0.39 is 0 Å². The molecule has 5 heteroatoms. The van der Waals surface area contributed by atoms with Gasteiger partial charge in [-0.1, -0.05) is 36.3 Å². The van der Waals surface area contributed by atoms with Crippen LogP contribution in [0.1, 0.15) is 25.3 Å². The topological polar surface area (TPSA) is 61.0 Å². The number of ether oxygens (including phenoxy) is 1. The van der Waals surface area contributed by atoms with Crippen LogP contribution in [-0.2, 0) is 0 Å². The molecule has 0 radical (unpaired) electrons. The summed E-state index contributed by atoms with van der Waals surface area (Å²) in [7, 11) is 0. The normalized spacial score (nSPS) is 12.0. The molecule has 0 fully saturated rings. The minimum absolute atomic E-state index is 0.266. The van der Waals surface area contributed by atoms with Gasteiger partial charge in [-0.25, -0.2) is 0 Å². The van der Waals surface area contributed by atoms with Gasteiger partial charge in [0.2, 0.25) is 5.82 Å². The van der Waals surface area contributed by atoms with Crippen molar-refractivity contribution in [2.24, 2.45) is 0 Å². The van der Waals surface area contributed by atoms with Crippen LogP contribution in [0.5, 0.6) is 5.75 Å². The SMILES string of the molecule is CCC(Oc1ccccc1)c1nc(-c2ccccn2)no1. The summed E-state index contributed by atoms with van der Waals surface area (Å²) in [6, 6.07) is 15.2. The van der Waals surface area contributed by atoms with E-state index in [1.165, 1.54) is 0 Å². The van der Waals surface area contributed by atoms with Crippen LogP contribution in [0.3, 0.4) is 0 Å². The van der Waals surface area contributed by atoms with E-state index in [2.05, 4.69) is 15.1 Å². The lowest BCUT2D eigenvalue weighted by molar-refractivity contribution is 0.154. The molecule has 0 spiro atoms. The molecule has 2 aromatic heterocycles. The molecule has 1 atom stereocenters. The van der Waals surface area contributed by atoms with Crippen LogP contribution in [0.25, 0.3) is 11.5 Å². The van der Waals surface area contributed by atoms with Crippen molar-refractivity contribution in [3.8, 4) is 17.3 Å². The Morgan fingerprint density at radius 2 is 1.90 bits per heavy atom. The fourth-order valence-corrected chi connectivity index (χ4v) is 1.94. The highest BCUT2D eigenvalue weighted by molar-refractivity contribution is 5.47. The third-order valence-corrected chi connectivity index (χ3v) is 3.00. The molecule has 0 bridgehead atoms. The van der Waals surface area contributed by atoms with E-state index in [9.17, 15) is 0 Å². The molecule has 0 saturated heterocycles. The monoisotopic (exact) mass is 281 g/mol. The smallest absolute Gasteiger partial charge is 0.268 e. The molecule has 3 aromatic rings. The number of para-hydroxylation sites is 1. The minimum Gasteiger partial charge on any atom is -0.481 e. The van der Waals surface area contributed by atoms with Crippen molar-refractivity contribution in [2.75, 3.05) is 0 Å². The van der Waals surface area contributed by atoms with Crippen LogP contribution in [0.2, 0.25) is 0 Å². The van der Waals surface area contributed by atoms with Gasteiger partial charge in [0.15, 0.2) is 6.10 Å². The number of benzene rings is 1. The molecule has 2 heterocycles. The number of hydrogen-bond donors (Lipinski definition) is 0. The summed E-state index contributed by atoms with van der Waals surface area (Å²) >= 11 is 0. The summed E-state index contributed by atoms with van der Waals surface area (Å²) < 4.78 is 11.2. The standard InChI is InChI=1S/C16H15N3O2/c1-2-14(20-12-8-4-3-5-9-12)16-18-15(19-21-16)13-10-6-7-11-17-13/h3-11,14H,2H2,1H3. The molecule has 5 nitrogen and oxygen atoms in total. The van der Waals surface area contributed by atoms with Crippen molar-refractivity contribution in [1.29, 1.82) is 0 Å². The molecular weight excluding hydrogens is 266 g/mol. The minimum atomic E-state index is -0.266. The van der Waals surface area contributed by atoms with Crippen molar-refractivity contribution in [3.63, 3.8) is 0 Å². The van der Waals surface area contributed by atoms with E-state index in [0.717, 1.165) is 12.2 Å². The van der Waals surface area contributed by atoms with Gasteiger partial charge < -0.3 is 9.26 Å². The van der Waals surface area contributed by atoms with Gasteiger partial charge in [0.05, 0.1) is 0 Å². The van der Waals surface area contributed by atoms with E-state index in [0.29, 0.717) is 17.4 Å². The maximum atomic E-state index is 5.88. The fourth-order valence-electron chi connectivity index (χ4n) is 1.94. The van der Waals surface area contributed by atoms with Crippen LogP contribution in [-0.4, -0.2) is 15.1 Å². The van der Waals surface area contributed by atoms with E-state index >= 15 is 0 Å². The van der Waals surface area contributed by atoms with Gasteiger partial charge >= 0.3 is 0 Å². The summed E-state index contributed by atoms with van der Waals surface area (Å²) in [6.07, 6.45) is 2.17. The Kier molecular flexibility index (Phi) is 3.91. The van der Waals surface area contributed by atoms with E-state index in [-0.39, 0.29) is 6.10 Å². The first-order chi connectivity index (χ1) is 10.4. The molecule has 21 heavy (non-hydrogen) atoms. The lowest BCUT2D eigenvalue weighted by atomic mass is 10.2. The number of aromatic nitrogens is 3. The molecule has 0 aliphatic heterocycles. The Labute approximate surface area is 122 Å². The second-order valence-electron chi connectivity index (χ2n) is 4.50. The fraction of sp³-hybridized carbons (Fsp3) is 0.188. The highest BCUT2D eigenvalue weighted by Gasteiger charge is 2.20. The van der Waals surface area contributed by atoms with Crippen LogP contribution < -0.4 is 4.74 Å². The maximum Gasteiger partial charge on any atom is 0.268 e. The predicted octanol–water partition coefficient (Wildman–Crippen LogP) is 3.66. The molecule has 1 aromatic carbocycles. The zero-order valence-corrected chi connectivity index (χ0v) is 11.6.